The molecule has 22 heavy (non-hydrogen) atoms. The molecule has 0 heterocycles. The Labute approximate surface area is 130 Å². The SMILES string of the molecule is CC(O)CC(C)CNC(=O)NCC(C)Oc1cccc(F)c1. The van der Waals surface area contributed by atoms with Gasteiger partial charge >= 0.3 is 6.03 Å². The van der Waals surface area contributed by atoms with Crippen LogP contribution in [0.5, 0.6) is 5.75 Å². The van der Waals surface area contributed by atoms with Crippen molar-refractivity contribution in [3.8, 4) is 5.75 Å². The highest BCUT2D eigenvalue weighted by atomic mass is 19.1. The zero-order valence-electron chi connectivity index (χ0n) is 13.3. The van der Waals surface area contributed by atoms with Gasteiger partial charge < -0.3 is 20.5 Å². The molecular formula is C16H25FN2O3. The van der Waals surface area contributed by atoms with Crippen LogP contribution in [0.1, 0.15) is 27.2 Å². The molecule has 0 radical (unpaired) electrons. The van der Waals surface area contributed by atoms with Crippen molar-refractivity contribution < 1.29 is 19.0 Å². The van der Waals surface area contributed by atoms with Gasteiger partial charge in [0, 0.05) is 12.6 Å². The number of amides is 2. The van der Waals surface area contributed by atoms with Crippen molar-refractivity contribution in [1.82, 2.24) is 10.6 Å². The van der Waals surface area contributed by atoms with Gasteiger partial charge in [-0.25, -0.2) is 9.18 Å². The van der Waals surface area contributed by atoms with Gasteiger partial charge in [-0.15, -0.1) is 0 Å². The van der Waals surface area contributed by atoms with Gasteiger partial charge in [0.15, 0.2) is 0 Å². The Morgan fingerprint density at radius 1 is 1.27 bits per heavy atom. The number of rotatable bonds is 8. The lowest BCUT2D eigenvalue weighted by Crippen LogP contribution is -2.42. The van der Waals surface area contributed by atoms with E-state index in [-0.39, 0.29) is 30.0 Å². The Morgan fingerprint density at radius 3 is 2.59 bits per heavy atom. The molecule has 5 nitrogen and oxygen atoms in total. The second-order valence-corrected chi connectivity index (χ2v) is 5.67. The van der Waals surface area contributed by atoms with E-state index in [0.717, 1.165) is 0 Å². The first kappa shape index (κ1) is 18.2. The number of nitrogens with one attached hydrogen (secondary N) is 2. The highest BCUT2D eigenvalue weighted by molar-refractivity contribution is 5.73. The maximum Gasteiger partial charge on any atom is 0.314 e. The molecule has 3 unspecified atom stereocenters. The number of ether oxygens (including phenoxy) is 1. The third kappa shape index (κ3) is 7.83. The molecule has 0 saturated carbocycles. The van der Waals surface area contributed by atoms with Crippen molar-refractivity contribution in [3.63, 3.8) is 0 Å². The topological polar surface area (TPSA) is 70.6 Å². The first-order valence-electron chi connectivity index (χ1n) is 7.48. The van der Waals surface area contributed by atoms with E-state index in [9.17, 15) is 14.3 Å². The zero-order valence-corrected chi connectivity index (χ0v) is 13.3. The van der Waals surface area contributed by atoms with Crippen molar-refractivity contribution in [2.75, 3.05) is 13.1 Å². The molecular weight excluding hydrogens is 287 g/mol. The standard InChI is InChI=1S/C16H25FN2O3/c1-11(7-12(2)20)9-18-16(21)19-10-13(3)22-15-6-4-5-14(17)8-15/h4-6,8,11-13,20H,7,9-10H2,1-3H3,(H2,18,19,21). The van der Waals surface area contributed by atoms with Crippen LogP contribution in [0.4, 0.5) is 9.18 Å². The zero-order chi connectivity index (χ0) is 16.5. The monoisotopic (exact) mass is 312 g/mol. The van der Waals surface area contributed by atoms with Gasteiger partial charge in [0.2, 0.25) is 0 Å². The summed E-state index contributed by atoms with van der Waals surface area (Å²) in [7, 11) is 0. The van der Waals surface area contributed by atoms with E-state index in [4.69, 9.17) is 4.74 Å². The van der Waals surface area contributed by atoms with Gasteiger partial charge in [0.05, 0.1) is 12.6 Å². The van der Waals surface area contributed by atoms with Crippen LogP contribution in [-0.4, -0.2) is 36.4 Å². The van der Waals surface area contributed by atoms with Crippen molar-refractivity contribution in [3.05, 3.63) is 30.1 Å². The molecule has 0 spiro atoms. The van der Waals surface area contributed by atoms with Crippen LogP contribution in [0.2, 0.25) is 0 Å². The molecule has 3 atom stereocenters. The molecule has 6 heteroatoms. The predicted octanol–water partition coefficient (Wildman–Crippen LogP) is 2.30. The van der Waals surface area contributed by atoms with E-state index >= 15 is 0 Å². The number of urea groups is 1. The first-order chi connectivity index (χ1) is 10.4. The minimum atomic E-state index is -0.375. The van der Waals surface area contributed by atoms with Crippen molar-refractivity contribution in [2.45, 2.75) is 39.4 Å². The lowest BCUT2D eigenvalue weighted by molar-refractivity contribution is 0.163. The summed E-state index contributed by atoms with van der Waals surface area (Å²) in [5, 5.41) is 14.7. The maximum atomic E-state index is 13.0. The van der Waals surface area contributed by atoms with Gasteiger partial charge in [-0.1, -0.05) is 13.0 Å². The second kappa shape index (κ2) is 9.25. The molecule has 0 aliphatic carbocycles. The molecule has 1 aromatic rings. The summed E-state index contributed by atoms with van der Waals surface area (Å²) in [6.07, 6.45) is -0.0127. The Balaban J connectivity index is 2.23. The van der Waals surface area contributed by atoms with Crippen LogP contribution in [0.15, 0.2) is 24.3 Å². The maximum absolute atomic E-state index is 13.0. The predicted molar refractivity (Wildman–Crippen MR) is 83.4 cm³/mol. The second-order valence-electron chi connectivity index (χ2n) is 5.67. The van der Waals surface area contributed by atoms with E-state index in [0.29, 0.717) is 25.3 Å². The van der Waals surface area contributed by atoms with Gasteiger partial charge in [0.25, 0.3) is 0 Å². The number of hydrogen-bond donors (Lipinski definition) is 3. The summed E-state index contributed by atoms with van der Waals surface area (Å²) >= 11 is 0. The fraction of sp³-hybridized carbons (Fsp3) is 0.562. The van der Waals surface area contributed by atoms with Crippen LogP contribution in [0.25, 0.3) is 0 Å². The van der Waals surface area contributed by atoms with Crippen LogP contribution < -0.4 is 15.4 Å². The summed E-state index contributed by atoms with van der Waals surface area (Å²) in [6, 6.07) is 5.59. The van der Waals surface area contributed by atoms with Gasteiger partial charge in [-0.05, 0) is 38.3 Å². The number of halogens is 1. The minimum Gasteiger partial charge on any atom is -0.489 e. The van der Waals surface area contributed by atoms with Gasteiger partial charge in [-0.3, -0.25) is 0 Å². The normalized spacial score (nSPS) is 14.8. The molecule has 1 rings (SSSR count). The van der Waals surface area contributed by atoms with Gasteiger partial charge in [-0.2, -0.15) is 0 Å². The van der Waals surface area contributed by atoms with E-state index in [2.05, 4.69) is 10.6 Å². The highest BCUT2D eigenvalue weighted by Crippen LogP contribution is 2.13. The van der Waals surface area contributed by atoms with Gasteiger partial charge in [0.1, 0.15) is 17.7 Å². The number of aliphatic hydroxyl groups is 1. The molecule has 1 aromatic carbocycles. The average molecular weight is 312 g/mol. The summed E-state index contributed by atoms with van der Waals surface area (Å²) < 4.78 is 18.5. The Bertz CT molecular complexity index is 468. The van der Waals surface area contributed by atoms with Crippen LogP contribution in [-0.2, 0) is 0 Å². The molecule has 124 valence electrons. The number of benzene rings is 1. The summed E-state index contributed by atoms with van der Waals surface area (Å²) in [4.78, 5) is 11.6. The molecule has 0 saturated heterocycles. The highest BCUT2D eigenvalue weighted by Gasteiger charge is 2.10. The third-order valence-electron chi connectivity index (χ3n) is 3.04. The van der Waals surface area contributed by atoms with E-state index in [1.807, 2.05) is 6.92 Å². The van der Waals surface area contributed by atoms with E-state index in [1.54, 1.807) is 26.0 Å². The molecule has 0 aliphatic heterocycles. The minimum absolute atomic E-state index is 0.201. The summed E-state index contributed by atoms with van der Waals surface area (Å²) in [5.74, 6) is 0.273. The summed E-state index contributed by atoms with van der Waals surface area (Å²) in [5.41, 5.74) is 0. The van der Waals surface area contributed by atoms with Crippen LogP contribution in [0.3, 0.4) is 0 Å². The number of aliphatic hydroxyl groups excluding tert-OH is 1. The van der Waals surface area contributed by atoms with Crippen LogP contribution in [0, 0.1) is 11.7 Å². The fourth-order valence-electron chi connectivity index (χ4n) is 2.05. The summed E-state index contributed by atoms with van der Waals surface area (Å²) in [6.45, 7) is 6.29. The average Bonchev–Trinajstić information content (AvgIpc) is 2.42. The fourth-order valence-corrected chi connectivity index (χ4v) is 2.05. The lowest BCUT2D eigenvalue weighted by atomic mass is 10.1. The van der Waals surface area contributed by atoms with Crippen molar-refractivity contribution in [1.29, 1.82) is 0 Å². The molecule has 3 N–H and O–H groups in total. The Kier molecular flexibility index (Phi) is 7.66. The quantitative estimate of drug-likeness (QED) is 0.690. The molecule has 2 amide bonds. The van der Waals surface area contributed by atoms with Crippen molar-refractivity contribution in [2.24, 2.45) is 5.92 Å². The smallest absolute Gasteiger partial charge is 0.314 e. The third-order valence-corrected chi connectivity index (χ3v) is 3.04. The van der Waals surface area contributed by atoms with E-state index in [1.165, 1.54) is 12.1 Å². The number of carbonyl (C=O) groups is 1. The van der Waals surface area contributed by atoms with Crippen molar-refractivity contribution >= 4 is 6.03 Å². The van der Waals surface area contributed by atoms with E-state index < -0.39 is 0 Å². The number of carbonyl (C=O) groups excluding carboxylic acids is 1. The molecule has 0 aliphatic rings. The first-order valence-corrected chi connectivity index (χ1v) is 7.48. The lowest BCUT2D eigenvalue weighted by Gasteiger charge is -2.17. The Hall–Kier alpha value is -1.82. The molecule has 0 fully saturated rings. The number of hydrogen-bond acceptors (Lipinski definition) is 3. The Morgan fingerprint density at radius 2 is 1.95 bits per heavy atom. The molecule has 0 aromatic heterocycles. The van der Waals surface area contributed by atoms with Crippen LogP contribution >= 0.6 is 0 Å². The molecule has 0 bridgehead atoms. The largest absolute Gasteiger partial charge is 0.489 e.